The number of nitrogens with two attached hydrogens (primary N) is 1. The number of ether oxygens (including phenoxy) is 2. The van der Waals surface area contributed by atoms with Gasteiger partial charge in [0, 0.05) is 50.1 Å². The van der Waals surface area contributed by atoms with Gasteiger partial charge in [-0.25, -0.2) is 9.97 Å². The number of rotatable bonds is 14. The number of carboxylic acids is 1. The molecule has 0 bridgehead atoms. The SMILES string of the molecule is CCn1nc(C)cc1C(=O)Nc1nc2cc(C(N)=O)cc3c2n1C/C=C/Cn1c(NC(=O)c2cc(C)nn2CC)nc2cc(C(=O)NCC(=O)C[C@H](C(=O)O)C(C)C)cc(c21)OCCCO3. The minimum atomic E-state index is -1.09. The molecule has 0 radical (unpaired) electrons. The van der Waals surface area contributed by atoms with Gasteiger partial charge in [-0.3, -0.25) is 48.8 Å². The van der Waals surface area contributed by atoms with Crippen LogP contribution in [0.1, 0.15) is 93.6 Å². The number of hydrogen-bond acceptors (Lipinski definition) is 12. The smallest absolute Gasteiger partial charge is 0.307 e. The summed E-state index contributed by atoms with van der Waals surface area (Å²) in [4.78, 5) is 87.8. The van der Waals surface area contributed by atoms with Crippen LogP contribution in [0.5, 0.6) is 11.5 Å². The van der Waals surface area contributed by atoms with Gasteiger partial charge in [0.1, 0.15) is 33.9 Å². The van der Waals surface area contributed by atoms with Gasteiger partial charge in [0.25, 0.3) is 17.7 Å². The zero-order valence-electron chi connectivity index (χ0n) is 37.5. The van der Waals surface area contributed by atoms with E-state index in [1.54, 1.807) is 58.3 Å². The van der Waals surface area contributed by atoms with Gasteiger partial charge in [-0.2, -0.15) is 10.2 Å². The van der Waals surface area contributed by atoms with Crippen LogP contribution in [-0.2, 0) is 35.8 Å². The van der Waals surface area contributed by atoms with Crippen LogP contribution in [-0.4, -0.2) is 98.9 Å². The first-order valence-corrected chi connectivity index (χ1v) is 21.6. The molecule has 21 heteroatoms. The molecule has 0 unspecified atom stereocenters. The zero-order valence-corrected chi connectivity index (χ0v) is 37.5. The standard InChI is InChI=1S/C45H52N12O9/c1-7-56-33(16-25(5)52-56)41(61)50-44-48-31-18-27(39(46)59)20-35-37(31)54(44)12-9-10-13-55-38-32(49-45(55)51-42(62)34-17-26(6)53-57(34)8-2)19-28(21-36(38)66-15-11-14-65-35)40(60)47-23-29(58)22-30(24(3)4)43(63)64/h9-10,16-21,24,30H,7-8,11-15,22-23H2,1-6H3,(H2,46,59)(H,47,60)(H,63,64)(H,48,50,61)(H,49,51,62)/b10-9+/t30-/m0/s1. The fourth-order valence-electron chi connectivity index (χ4n) is 7.76. The van der Waals surface area contributed by atoms with E-state index in [1.807, 2.05) is 26.0 Å². The number of Topliss-reactive ketones (excluding diaryl/α,β-unsaturated/α-hetero) is 1. The number of nitrogens with one attached hydrogen (secondary N) is 3. The number of carbonyl (C=O) groups is 6. The van der Waals surface area contributed by atoms with Crippen LogP contribution in [0.2, 0.25) is 0 Å². The van der Waals surface area contributed by atoms with Crippen LogP contribution in [0.25, 0.3) is 22.1 Å². The number of hydrogen-bond donors (Lipinski definition) is 5. The van der Waals surface area contributed by atoms with Crippen LogP contribution in [0.15, 0.2) is 48.6 Å². The molecule has 6 aromatic rings. The van der Waals surface area contributed by atoms with Crippen molar-refractivity contribution in [2.45, 2.75) is 80.6 Å². The predicted molar refractivity (Wildman–Crippen MR) is 242 cm³/mol. The number of carbonyl (C=O) groups excluding carboxylic acids is 5. The van der Waals surface area contributed by atoms with E-state index in [4.69, 9.17) is 25.2 Å². The quantitative estimate of drug-likeness (QED) is 0.0943. The van der Waals surface area contributed by atoms with E-state index in [0.29, 0.717) is 58.8 Å². The van der Waals surface area contributed by atoms with Gasteiger partial charge >= 0.3 is 5.97 Å². The van der Waals surface area contributed by atoms with Crippen LogP contribution in [0.3, 0.4) is 0 Å². The average molecular weight is 905 g/mol. The molecule has 0 fully saturated rings. The van der Waals surface area contributed by atoms with Crippen LogP contribution < -0.4 is 31.2 Å². The fraction of sp³-hybridized carbons (Fsp3) is 0.378. The molecule has 0 spiro atoms. The lowest BCUT2D eigenvalue weighted by atomic mass is 9.91. The first-order chi connectivity index (χ1) is 31.6. The van der Waals surface area contributed by atoms with Gasteiger partial charge in [0.2, 0.25) is 17.8 Å². The Morgan fingerprint density at radius 2 is 1.21 bits per heavy atom. The van der Waals surface area contributed by atoms with Gasteiger partial charge < -0.3 is 34.8 Å². The summed E-state index contributed by atoms with van der Waals surface area (Å²) in [5, 5.41) is 26.8. The monoisotopic (exact) mass is 904 g/mol. The van der Waals surface area contributed by atoms with E-state index in [0.717, 1.165) is 0 Å². The highest BCUT2D eigenvalue weighted by Crippen LogP contribution is 2.34. The number of carboxylic acid groups (broad SMARTS) is 1. The summed E-state index contributed by atoms with van der Waals surface area (Å²) < 4.78 is 19.3. The van der Waals surface area contributed by atoms with Gasteiger partial charge in [-0.05, 0) is 70.0 Å². The Morgan fingerprint density at radius 1 is 0.727 bits per heavy atom. The highest BCUT2D eigenvalue weighted by atomic mass is 16.5. The van der Waals surface area contributed by atoms with Crippen molar-refractivity contribution in [1.29, 1.82) is 0 Å². The first-order valence-electron chi connectivity index (χ1n) is 21.6. The van der Waals surface area contributed by atoms with Gasteiger partial charge in [0.05, 0.1) is 48.1 Å². The lowest BCUT2D eigenvalue weighted by Crippen LogP contribution is -2.32. The number of primary amides is 1. The Morgan fingerprint density at radius 3 is 1.67 bits per heavy atom. The van der Waals surface area contributed by atoms with Crippen molar-refractivity contribution < 1.29 is 43.3 Å². The van der Waals surface area contributed by atoms with Crippen molar-refractivity contribution in [3.05, 3.63) is 82.5 Å². The van der Waals surface area contributed by atoms with Crippen molar-refractivity contribution in [3.8, 4) is 11.5 Å². The summed E-state index contributed by atoms with van der Waals surface area (Å²) in [5.41, 5.74) is 9.47. The van der Waals surface area contributed by atoms with E-state index >= 15 is 0 Å². The summed E-state index contributed by atoms with van der Waals surface area (Å²) in [7, 11) is 0. The Balaban J connectivity index is 1.28. The van der Waals surface area contributed by atoms with Crippen molar-refractivity contribution in [2.24, 2.45) is 17.6 Å². The van der Waals surface area contributed by atoms with Crippen LogP contribution in [0.4, 0.5) is 11.9 Å². The molecular formula is C45H52N12O9. The predicted octanol–water partition coefficient (Wildman–Crippen LogP) is 4.50. The van der Waals surface area contributed by atoms with Crippen LogP contribution in [0, 0.1) is 25.7 Å². The molecule has 1 atom stereocenters. The lowest BCUT2D eigenvalue weighted by Gasteiger charge is -2.15. The number of ketones is 1. The summed E-state index contributed by atoms with van der Waals surface area (Å²) in [6.07, 6.45) is 3.69. The molecular weight excluding hydrogens is 853 g/mol. The number of imidazole rings is 2. The number of amides is 4. The molecule has 0 aliphatic carbocycles. The minimum Gasteiger partial charge on any atom is -0.491 e. The number of allylic oxidation sites excluding steroid dienone is 2. The molecule has 6 N–H and O–H groups in total. The second-order valence-corrected chi connectivity index (χ2v) is 16.2. The molecule has 7 rings (SSSR count). The summed E-state index contributed by atoms with van der Waals surface area (Å²) in [6, 6.07) is 9.41. The molecule has 66 heavy (non-hydrogen) atoms. The number of aromatic nitrogens is 8. The maximum absolute atomic E-state index is 13.9. The Bertz CT molecular complexity index is 2920. The number of benzene rings is 2. The largest absolute Gasteiger partial charge is 0.491 e. The minimum absolute atomic E-state index is 0.0614. The highest BCUT2D eigenvalue weighted by molar-refractivity contribution is 6.06. The van der Waals surface area contributed by atoms with E-state index in [1.165, 1.54) is 24.3 Å². The van der Waals surface area contributed by atoms with Crippen molar-refractivity contribution in [1.82, 2.24) is 44.0 Å². The molecule has 4 amide bonds. The third-order valence-corrected chi connectivity index (χ3v) is 11.0. The van der Waals surface area contributed by atoms with Crippen molar-refractivity contribution in [3.63, 3.8) is 0 Å². The van der Waals surface area contributed by atoms with Gasteiger partial charge in [-0.15, -0.1) is 0 Å². The van der Waals surface area contributed by atoms with Crippen molar-refractivity contribution in [2.75, 3.05) is 30.4 Å². The first kappa shape index (κ1) is 46.2. The molecule has 5 heterocycles. The summed E-state index contributed by atoms with van der Waals surface area (Å²) in [6.45, 7) is 11.6. The maximum Gasteiger partial charge on any atom is 0.307 e. The number of aryl methyl sites for hydroxylation is 4. The molecule has 1 aliphatic rings. The maximum atomic E-state index is 13.9. The molecule has 1 aliphatic heterocycles. The van der Waals surface area contributed by atoms with E-state index in [-0.39, 0.29) is 78.7 Å². The Kier molecular flexibility index (Phi) is 13.6. The molecule has 4 aromatic heterocycles. The molecule has 21 nitrogen and oxygen atoms in total. The second kappa shape index (κ2) is 19.5. The van der Waals surface area contributed by atoms with Gasteiger partial charge in [-0.1, -0.05) is 26.0 Å². The molecule has 0 saturated heterocycles. The van der Waals surface area contributed by atoms with E-state index < -0.39 is 47.8 Å². The van der Waals surface area contributed by atoms with Crippen molar-refractivity contribution >= 4 is 69.3 Å². The number of nitrogens with zero attached hydrogens (tertiary/aromatic N) is 8. The van der Waals surface area contributed by atoms with Gasteiger partial charge in [0.15, 0.2) is 5.78 Å². The van der Waals surface area contributed by atoms with E-state index in [9.17, 15) is 33.9 Å². The summed E-state index contributed by atoms with van der Waals surface area (Å²) in [5.74, 6) is -4.18. The topological polar surface area (TPSA) is 274 Å². The Hall–Kier alpha value is -7.84. The third kappa shape index (κ3) is 9.78. The Labute approximate surface area is 378 Å². The van der Waals surface area contributed by atoms with E-state index in [2.05, 4.69) is 26.1 Å². The summed E-state index contributed by atoms with van der Waals surface area (Å²) >= 11 is 0. The zero-order chi connectivity index (χ0) is 47.4. The normalized spacial score (nSPS) is 13.9. The second-order valence-electron chi connectivity index (χ2n) is 16.2. The average Bonchev–Trinajstić information content (AvgIpc) is 4.04. The number of aliphatic carboxylic acids is 1. The number of anilines is 2. The third-order valence-electron chi connectivity index (χ3n) is 11.0. The highest BCUT2D eigenvalue weighted by Gasteiger charge is 2.27. The van der Waals surface area contributed by atoms with Crippen LogP contribution >= 0.6 is 0 Å². The lowest BCUT2D eigenvalue weighted by molar-refractivity contribution is -0.145. The molecule has 0 saturated carbocycles. The molecule has 2 aromatic carbocycles. The fourth-order valence-corrected chi connectivity index (χ4v) is 7.76. The molecule has 346 valence electrons.